The van der Waals surface area contributed by atoms with Crippen molar-refractivity contribution in [3.05, 3.63) is 62.7 Å². The van der Waals surface area contributed by atoms with Crippen molar-refractivity contribution in [1.82, 2.24) is 0 Å². The Bertz CT molecular complexity index is 641. The average Bonchev–Trinajstić information content (AvgIpc) is 2.46. The third-order valence-corrected chi connectivity index (χ3v) is 4.03. The van der Waals surface area contributed by atoms with E-state index in [1.165, 1.54) is 9.13 Å². The fourth-order valence-corrected chi connectivity index (χ4v) is 2.48. The lowest BCUT2D eigenvalue weighted by atomic mass is 10.0. The van der Waals surface area contributed by atoms with E-state index in [1.54, 1.807) is 0 Å². The molecule has 0 heterocycles. The van der Waals surface area contributed by atoms with Crippen LogP contribution < -0.4 is 11.1 Å². The molecule has 0 aliphatic heterocycles. The van der Waals surface area contributed by atoms with E-state index in [1.807, 2.05) is 37.3 Å². The second-order valence-electron chi connectivity index (χ2n) is 4.46. The number of rotatable bonds is 4. The van der Waals surface area contributed by atoms with E-state index in [0.29, 0.717) is 0 Å². The third kappa shape index (κ3) is 3.41. The molecule has 0 aliphatic carbocycles. The van der Waals surface area contributed by atoms with Crippen LogP contribution in [0.2, 0.25) is 0 Å². The van der Waals surface area contributed by atoms with Crippen LogP contribution in [0.4, 0.5) is 5.69 Å². The van der Waals surface area contributed by atoms with Crippen LogP contribution in [-0.2, 0) is 6.54 Å². The number of anilines is 1. The molecule has 2 rings (SSSR count). The van der Waals surface area contributed by atoms with Crippen molar-refractivity contribution < 1.29 is 5.21 Å². The van der Waals surface area contributed by atoms with Gasteiger partial charge in [0.25, 0.3) is 0 Å². The molecule has 4 N–H and O–H groups in total. The lowest BCUT2D eigenvalue weighted by Crippen LogP contribution is -2.13. The molecule has 4 nitrogen and oxygen atoms in total. The van der Waals surface area contributed by atoms with Gasteiger partial charge in [0, 0.05) is 21.4 Å². The number of nitrogens with one attached hydrogen (secondary N) is 1. The lowest BCUT2D eigenvalue weighted by Gasteiger charge is -2.11. The van der Waals surface area contributed by atoms with Gasteiger partial charge in [0.15, 0.2) is 5.84 Å². The largest absolute Gasteiger partial charge is 0.409 e. The van der Waals surface area contributed by atoms with E-state index in [0.717, 1.165) is 23.4 Å². The molecule has 2 aromatic carbocycles. The molecule has 104 valence electrons. The molecule has 0 fully saturated rings. The summed E-state index contributed by atoms with van der Waals surface area (Å²) >= 11 is 2.31. The van der Waals surface area contributed by atoms with Crippen molar-refractivity contribution in [1.29, 1.82) is 0 Å². The van der Waals surface area contributed by atoms with Crippen LogP contribution in [-0.4, -0.2) is 11.0 Å². The summed E-state index contributed by atoms with van der Waals surface area (Å²) in [6.45, 7) is 2.75. The molecular formula is C15H16IN3O. The van der Waals surface area contributed by atoms with Crippen molar-refractivity contribution in [3.8, 4) is 0 Å². The van der Waals surface area contributed by atoms with Crippen molar-refractivity contribution >= 4 is 34.1 Å². The smallest absolute Gasteiger partial charge is 0.170 e. The van der Waals surface area contributed by atoms with Crippen LogP contribution >= 0.6 is 22.6 Å². The van der Waals surface area contributed by atoms with E-state index >= 15 is 0 Å². The van der Waals surface area contributed by atoms with Crippen molar-refractivity contribution in [2.75, 3.05) is 5.32 Å². The predicted octanol–water partition coefficient (Wildman–Crippen LogP) is 3.31. The Morgan fingerprint density at radius 3 is 2.70 bits per heavy atom. The highest BCUT2D eigenvalue weighted by molar-refractivity contribution is 14.1. The van der Waals surface area contributed by atoms with Crippen molar-refractivity contribution in [3.63, 3.8) is 0 Å². The summed E-state index contributed by atoms with van der Waals surface area (Å²) in [5.74, 6) is 0.130. The quantitative estimate of drug-likeness (QED) is 0.250. The number of halogens is 1. The Morgan fingerprint density at radius 2 is 2.05 bits per heavy atom. The van der Waals surface area contributed by atoms with Crippen molar-refractivity contribution in [2.24, 2.45) is 10.9 Å². The van der Waals surface area contributed by atoms with Gasteiger partial charge in [-0.25, -0.2) is 0 Å². The van der Waals surface area contributed by atoms with E-state index in [4.69, 9.17) is 10.9 Å². The van der Waals surface area contributed by atoms with Crippen LogP contribution in [0, 0.1) is 10.5 Å². The molecular weight excluding hydrogens is 365 g/mol. The van der Waals surface area contributed by atoms with Gasteiger partial charge in [-0.1, -0.05) is 29.4 Å². The first-order chi connectivity index (χ1) is 9.61. The molecule has 2 aromatic rings. The standard InChI is InChI=1S/C15H16IN3O/c1-10-8-11(15(17)19-20)6-7-12(10)9-18-14-5-3-2-4-13(14)16/h2-8,18,20H,9H2,1H3,(H2,17,19). The van der Waals surface area contributed by atoms with Gasteiger partial charge < -0.3 is 16.3 Å². The Kier molecular flexibility index (Phi) is 4.84. The zero-order valence-corrected chi connectivity index (χ0v) is 13.3. The van der Waals surface area contributed by atoms with E-state index in [2.05, 4.69) is 45.2 Å². The molecule has 0 aliphatic rings. The summed E-state index contributed by atoms with van der Waals surface area (Å²) in [6.07, 6.45) is 0. The summed E-state index contributed by atoms with van der Waals surface area (Å²) in [5.41, 5.74) is 9.71. The molecule has 0 radical (unpaired) electrons. The summed E-state index contributed by atoms with van der Waals surface area (Å²) in [6, 6.07) is 13.9. The van der Waals surface area contributed by atoms with Crippen LogP contribution in [0.5, 0.6) is 0 Å². The topological polar surface area (TPSA) is 70.6 Å². The van der Waals surface area contributed by atoms with Crippen LogP contribution in [0.3, 0.4) is 0 Å². The molecule has 0 amide bonds. The minimum absolute atomic E-state index is 0.130. The number of nitrogens with two attached hydrogens (primary N) is 1. The summed E-state index contributed by atoms with van der Waals surface area (Å²) < 4.78 is 1.19. The van der Waals surface area contributed by atoms with Crippen LogP contribution in [0.25, 0.3) is 0 Å². The summed E-state index contributed by atoms with van der Waals surface area (Å²) in [7, 11) is 0. The number of para-hydroxylation sites is 1. The maximum Gasteiger partial charge on any atom is 0.170 e. The Morgan fingerprint density at radius 1 is 1.30 bits per heavy atom. The molecule has 0 aromatic heterocycles. The van der Waals surface area contributed by atoms with Gasteiger partial charge in [-0.15, -0.1) is 0 Å². The van der Waals surface area contributed by atoms with Crippen molar-refractivity contribution in [2.45, 2.75) is 13.5 Å². The Labute approximate surface area is 131 Å². The zero-order chi connectivity index (χ0) is 14.5. The first-order valence-corrected chi connectivity index (χ1v) is 7.25. The molecule has 0 saturated heterocycles. The molecule has 0 spiro atoms. The summed E-state index contributed by atoms with van der Waals surface area (Å²) in [5, 5.41) is 15.1. The highest BCUT2D eigenvalue weighted by atomic mass is 127. The molecule has 20 heavy (non-hydrogen) atoms. The Hall–Kier alpha value is -1.76. The number of amidine groups is 1. The second kappa shape index (κ2) is 6.60. The van der Waals surface area contributed by atoms with Gasteiger partial charge in [-0.2, -0.15) is 0 Å². The fourth-order valence-electron chi connectivity index (χ4n) is 1.91. The number of hydrogen-bond acceptors (Lipinski definition) is 3. The highest BCUT2D eigenvalue weighted by Gasteiger charge is 2.04. The van der Waals surface area contributed by atoms with Crippen LogP contribution in [0.1, 0.15) is 16.7 Å². The second-order valence-corrected chi connectivity index (χ2v) is 5.62. The first-order valence-electron chi connectivity index (χ1n) is 6.17. The van der Waals surface area contributed by atoms with Gasteiger partial charge in [0.1, 0.15) is 0 Å². The van der Waals surface area contributed by atoms with E-state index in [-0.39, 0.29) is 5.84 Å². The SMILES string of the molecule is Cc1cc(/C(N)=N/O)ccc1CNc1ccccc1I. The van der Waals surface area contributed by atoms with E-state index < -0.39 is 0 Å². The van der Waals surface area contributed by atoms with Gasteiger partial charge >= 0.3 is 0 Å². The molecule has 0 atom stereocenters. The first kappa shape index (κ1) is 14.6. The molecule has 0 unspecified atom stereocenters. The fraction of sp³-hybridized carbons (Fsp3) is 0.133. The zero-order valence-electron chi connectivity index (χ0n) is 11.1. The molecule has 0 saturated carbocycles. The lowest BCUT2D eigenvalue weighted by molar-refractivity contribution is 0.318. The maximum atomic E-state index is 8.68. The third-order valence-electron chi connectivity index (χ3n) is 3.09. The molecule has 5 heteroatoms. The monoisotopic (exact) mass is 381 g/mol. The van der Waals surface area contributed by atoms with Gasteiger partial charge in [-0.05, 0) is 58.8 Å². The van der Waals surface area contributed by atoms with Gasteiger partial charge in [0.05, 0.1) is 0 Å². The minimum atomic E-state index is 0.130. The number of nitrogens with zero attached hydrogens (tertiary/aromatic N) is 1. The normalized spacial score (nSPS) is 11.4. The van der Waals surface area contributed by atoms with Crippen LogP contribution in [0.15, 0.2) is 47.6 Å². The minimum Gasteiger partial charge on any atom is -0.409 e. The number of hydrogen-bond donors (Lipinski definition) is 3. The molecule has 0 bridgehead atoms. The maximum absolute atomic E-state index is 8.68. The predicted molar refractivity (Wildman–Crippen MR) is 90.2 cm³/mol. The average molecular weight is 381 g/mol. The number of oxime groups is 1. The van der Waals surface area contributed by atoms with Gasteiger partial charge in [-0.3, -0.25) is 0 Å². The summed E-state index contributed by atoms with van der Waals surface area (Å²) in [4.78, 5) is 0. The van der Waals surface area contributed by atoms with Gasteiger partial charge in [0.2, 0.25) is 0 Å². The Balaban J connectivity index is 2.13. The van der Waals surface area contributed by atoms with E-state index in [9.17, 15) is 0 Å². The highest BCUT2D eigenvalue weighted by Crippen LogP contribution is 2.19. The number of benzene rings is 2. The number of aryl methyl sites for hydroxylation is 1.